The Labute approximate surface area is 158 Å². The Balaban J connectivity index is 1.47. The second-order valence-corrected chi connectivity index (χ2v) is 8.63. The molecule has 0 spiro atoms. The van der Waals surface area contributed by atoms with Crippen LogP contribution in [0.4, 0.5) is 0 Å². The third-order valence-electron chi connectivity index (χ3n) is 6.61. The molecule has 26 heavy (non-hydrogen) atoms. The summed E-state index contributed by atoms with van der Waals surface area (Å²) >= 11 is 0. The van der Waals surface area contributed by atoms with Crippen LogP contribution in [0, 0.1) is 11.8 Å². The molecular formula is C22H33N3O. The molecule has 1 aromatic carbocycles. The first-order chi connectivity index (χ1) is 12.6. The average molecular weight is 356 g/mol. The van der Waals surface area contributed by atoms with Crippen LogP contribution in [0.25, 0.3) is 0 Å². The standard InChI is InChI=1S/C22H33N3O/c1-16-4-6-19(7-5-16)14-25-20(15-24-17(2)13-23-22(24)25)12-18-8-10-21(26-3)11-9-18/h8-11,16-17,19-20H,4-7,12-15H2,1-3H3/t16?,17-,19?,20-/m0/s1. The van der Waals surface area contributed by atoms with Gasteiger partial charge in [0.15, 0.2) is 5.96 Å². The number of methoxy groups -OCH3 is 1. The number of ether oxygens (including phenoxy) is 1. The molecule has 0 aromatic heterocycles. The Morgan fingerprint density at radius 3 is 2.50 bits per heavy atom. The molecule has 1 aliphatic carbocycles. The molecule has 0 bridgehead atoms. The number of benzene rings is 1. The molecule has 0 amide bonds. The summed E-state index contributed by atoms with van der Waals surface area (Å²) in [6.45, 7) is 7.99. The van der Waals surface area contributed by atoms with Crippen LogP contribution in [0.3, 0.4) is 0 Å². The predicted molar refractivity (Wildman–Crippen MR) is 107 cm³/mol. The molecule has 1 saturated heterocycles. The molecule has 4 nitrogen and oxygen atoms in total. The Hall–Kier alpha value is -1.71. The summed E-state index contributed by atoms with van der Waals surface area (Å²) in [7, 11) is 1.73. The van der Waals surface area contributed by atoms with Crippen molar-refractivity contribution < 1.29 is 4.74 Å². The van der Waals surface area contributed by atoms with Gasteiger partial charge in [-0.05, 0) is 55.7 Å². The third kappa shape index (κ3) is 3.56. The van der Waals surface area contributed by atoms with Crippen molar-refractivity contribution in [1.82, 2.24) is 9.80 Å². The number of guanidine groups is 1. The number of hydrogen-bond acceptors (Lipinski definition) is 4. The maximum atomic E-state index is 5.31. The van der Waals surface area contributed by atoms with Crippen molar-refractivity contribution in [3.63, 3.8) is 0 Å². The van der Waals surface area contributed by atoms with Crippen LogP contribution in [0.15, 0.2) is 29.3 Å². The van der Waals surface area contributed by atoms with Gasteiger partial charge in [-0.15, -0.1) is 0 Å². The maximum Gasteiger partial charge on any atom is 0.197 e. The average Bonchev–Trinajstić information content (AvgIpc) is 3.18. The smallest absolute Gasteiger partial charge is 0.197 e. The van der Waals surface area contributed by atoms with E-state index < -0.39 is 0 Å². The van der Waals surface area contributed by atoms with E-state index in [0.717, 1.165) is 37.1 Å². The van der Waals surface area contributed by atoms with Crippen LogP contribution in [-0.2, 0) is 6.42 Å². The van der Waals surface area contributed by atoms with Gasteiger partial charge in [0.1, 0.15) is 5.75 Å². The summed E-state index contributed by atoms with van der Waals surface area (Å²) in [6.07, 6.45) is 6.66. The van der Waals surface area contributed by atoms with Crippen molar-refractivity contribution in [2.45, 2.75) is 58.0 Å². The molecule has 0 radical (unpaired) electrons. The van der Waals surface area contributed by atoms with Crippen molar-refractivity contribution in [2.24, 2.45) is 16.8 Å². The van der Waals surface area contributed by atoms with Crippen molar-refractivity contribution in [2.75, 3.05) is 26.7 Å². The van der Waals surface area contributed by atoms with E-state index in [-0.39, 0.29) is 0 Å². The molecular weight excluding hydrogens is 322 g/mol. The summed E-state index contributed by atoms with van der Waals surface area (Å²) in [5.74, 6) is 3.96. The van der Waals surface area contributed by atoms with Crippen LogP contribution in [-0.4, -0.2) is 54.6 Å². The van der Waals surface area contributed by atoms with E-state index in [0.29, 0.717) is 12.1 Å². The second-order valence-electron chi connectivity index (χ2n) is 8.63. The number of nitrogens with zero attached hydrogens (tertiary/aromatic N) is 3. The molecule has 2 heterocycles. The maximum absolute atomic E-state index is 5.31. The summed E-state index contributed by atoms with van der Waals surface area (Å²) in [6, 6.07) is 9.70. The zero-order chi connectivity index (χ0) is 18.1. The summed E-state index contributed by atoms with van der Waals surface area (Å²) in [5.41, 5.74) is 1.40. The molecule has 2 aliphatic heterocycles. The van der Waals surface area contributed by atoms with Crippen molar-refractivity contribution in [3.8, 4) is 5.75 Å². The normalized spacial score (nSPS) is 31.1. The number of aliphatic imine (C=N–C) groups is 1. The van der Waals surface area contributed by atoms with Gasteiger partial charge in [-0.2, -0.15) is 0 Å². The highest BCUT2D eigenvalue weighted by Crippen LogP contribution is 2.33. The van der Waals surface area contributed by atoms with Gasteiger partial charge in [-0.3, -0.25) is 4.99 Å². The molecule has 4 heteroatoms. The lowest BCUT2D eigenvalue weighted by molar-refractivity contribution is 0.218. The van der Waals surface area contributed by atoms with E-state index in [2.05, 4.69) is 47.9 Å². The van der Waals surface area contributed by atoms with Gasteiger partial charge >= 0.3 is 0 Å². The van der Waals surface area contributed by atoms with Crippen LogP contribution in [0.1, 0.15) is 45.1 Å². The van der Waals surface area contributed by atoms with E-state index in [1.54, 1.807) is 7.11 Å². The number of fused-ring (bicyclic) bond motifs is 1. The first kappa shape index (κ1) is 17.7. The first-order valence-corrected chi connectivity index (χ1v) is 10.3. The molecule has 0 unspecified atom stereocenters. The van der Waals surface area contributed by atoms with Gasteiger partial charge in [0, 0.05) is 19.1 Å². The minimum atomic E-state index is 0.546. The Morgan fingerprint density at radius 1 is 1.08 bits per heavy atom. The minimum Gasteiger partial charge on any atom is -0.497 e. The quantitative estimate of drug-likeness (QED) is 0.804. The van der Waals surface area contributed by atoms with Gasteiger partial charge in [-0.1, -0.05) is 31.9 Å². The van der Waals surface area contributed by atoms with Crippen LogP contribution >= 0.6 is 0 Å². The van der Waals surface area contributed by atoms with Gasteiger partial charge < -0.3 is 14.5 Å². The molecule has 0 N–H and O–H groups in total. The van der Waals surface area contributed by atoms with Crippen LogP contribution in [0.2, 0.25) is 0 Å². The summed E-state index contributed by atoms with van der Waals surface area (Å²) < 4.78 is 5.31. The van der Waals surface area contributed by atoms with Gasteiger partial charge in [0.05, 0.1) is 19.7 Å². The molecule has 2 fully saturated rings. The molecule has 4 rings (SSSR count). The Morgan fingerprint density at radius 2 is 1.81 bits per heavy atom. The highest BCUT2D eigenvalue weighted by atomic mass is 16.5. The predicted octanol–water partition coefficient (Wildman–Crippen LogP) is 3.81. The molecule has 142 valence electrons. The fourth-order valence-electron chi connectivity index (χ4n) is 4.84. The van der Waals surface area contributed by atoms with Crippen molar-refractivity contribution >= 4 is 5.96 Å². The highest BCUT2D eigenvalue weighted by molar-refractivity contribution is 5.84. The lowest BCUT2D eigenvalue weighted by Gasteiger charge is -2.33. The summed E-state index contributed by atoms with van der Waals surface area (Å²) in [4.78, 5) is 10.1. The molecule has 2 atom stereocenters. The number of rotatable bonds is 5. The first-order valence-electron chi connectivity index (χ1n) is 10.3. The Bertz CT molecular complexity index is 633. The lowest BCUT2D eigenvalue weighted by Crippen LogP contribution is -2.40. The largest absolute Gasteiger partial charge is 0.497 e. The van der Waals surface area contributed by atoms with E-state index >= 15 is 0 Å². The SMILES string of the molecule is COc1ccc(C[C@H]2CN3C(=NC[C@@H]3C)N2CC2CCC(C)CC2)cc1. The van der Waals surface area contributed by atoms with E-state index in [1.165, 1.54) is 43.8 Å². The van der Waals surface area contributed by atoms with Crippen molar-refractivity contribution in [1.29, 1.82) is 0 Å². The van der Waals surface area contributed by atoms with E-state index in [4.69, 9.17) is 9.73 Å². The third-order valence-corrected chi connectivity index (χ3v) is 6.61. The lowest BCUT2D eigenvalue weighted by atomic mass is 9.82. The van der Waals surface area contributed by atoms with Crippen molar-refractivity contribution in [3.05, 3.63) is 29.8 Å². The zero-order valence-electron chi connectivity index (χ0n) is 16.5. The van der Waals surface area contributed by atoms with Crippen LogP contribution < -0.4 is 4.74 Å². The molecule has 1 aromatic rings. The van der Waals surface area contributed by atoms with E-state index in [1.807, 2.05) is 0 Å². The fraction of sp³-hybridized carbons (Fsp3) is 0.682. The summed E-state index contributed by atoms with van der Waals surface area (Å²) in [5, 5.41) is 0. The molecule has 1 saturated carbocycles. The topological polar surface area (TPSA) is 28.1 Å². The fourth-order valence-corrected chi connectivity index (χ4v) is 4.84. The number of hydrogen-bond donors (Lipinski definition) is 0. The van der Waals surface area contributed by atoms with Gasteiger partial charge in [-0.25, -0.2) is 0 Å². The minimum absolute atomic E-state index is 0.546. The zero-order valence-corrected chi connectivity index (χ0v) is 16.5. The van der Waals surface area contributed by atoms with Gasteiger partial charge in [0.25, 0.3) is 0 Å². The Kier molecular flexibility index (Phi) is 5.10. The van der Waals surface area contributed by atoms with Crippen LogP contribution in [0.5, 0.6) is 5.75 Å². The highest BCUT2D eigenvalue weighted by Gasteiger charge is 2.41. The molecule has 3 aliphatic rings. The second kappa shape index (κ2) is 7.50. The van der Waals surface area contributed by atoms with E-state index in [9.17, 15) is 0 Å². The van der Waals surface area contributed by atoms with Gasteiger partial charge in [0.2, 0.25) is 0 Å². The monoisotopic (exact) mass is 355 g/mol.